The molecule has 0 spiro atoms. The zero-order valence-corrected chi connectivity index (χ0v) is 16.1. The van der Waals surface area contributed by atoms with Gasteiger partial charge in [0.2, 0.25) is 17.6 Å². The van der Waals surface area contributed by atoms with Crippen LogP contribution in [-0.2, 0) is 11.2 Å². The van der Waals surface area contributed by atoms with Crippen molar-refractivity contribution in [1.82, 2.24) is 10.1 Å². The minimum absolute atomic E-state index is 0.00681. The van der Waals surface area contributed by atoms with Crippen molar-refractivity contribution in [1.29, 1.82) is 0 Å². The summed E-state index contributed by atoms with van der Waals surface area (Å²) in [6.45, 7) is 2.04. The second-order valence-corrected chi connectivity index (χ2v) is 7.46. The summed E-state index contributed by atoms with van der Waals surface area (Å²) in [7, 11) is 0. The number of hydrogen-bond acceptors (Lipinski definition) is 5. The molecule has 1 N–H and O–H groups in total. The number of aromatic nitrogens is 2. The number of hydrogen-bond donors (Lipinski definition) is 1. The minimum Gasteiger partial charge on any atom is -0.339 e. The van der Waals surface area contributed by atoms with Crippen LogP contribution in [0.4, 0.5) is 5.69 Å². The fourth-order valence-electron chi connectivity index (χ4n) is 2.16. The lowest BCUT2D eigenvalue weighted by molar-refractivity contribution is -0.116. The van der Waals surface area contributed by atoms with Crippen LogP contribution in [-0.4, -0.2) is 16.0 Å². The van der Waals surface area contributed by atoms with Crippen LogP contribution in [0.15, 0.2) is 40.2 Å². The molecule has 0 saturated heterocycles. The van der Waals surface area contributed by atoms with Gasteiger partial charge in [-0.25, -0.2) is 0 Å². The van der Waals surface area contributed by atoms with Crippen molar-refractivity contribution in [2.75, 3.05) is 5.32 Å². The standard InChI is InChI=1S/C17H16IN3O2S/c1-11-7-8-12(10-13(11)18)19-15(22)5-2-6-16-20-17(21-23-16)14-4-3-9-24-14/h3-4,7-10H,2,5-6H2,1H3,(H,19,22). The smallest absolute Gasteiger partial charge is 0.226 e. The molecule has 3 aromatic rings. The molecule has 0 saturated carbocycles. The van der Waals surface area contributed by atoms with Crippen LogP contribution < -0.4 is 5.32 Å². The van der Waals surface area contributed by atoms with E-state index >= 15 is 0 Å². The Balaban J connectivity index is 1.47. The molecule has 0 unspecified atom stereocenters. The molecule has 0 atom stereocenters. The van der Waals surface area contributed by atoms with E-state index in [0.717, 1.165) is 14.1 Å². The van der Waals surface area contributed by atoms with Crippen LogP contribution in [0.5, 0.6) is 0 Å². The highest BCUT2D eigenvalue weighted by Gasteiger charge is 2.10. The van der Waals surface area contributed by atoms with Gasteiger partial charge in [0.15, 0.2) is 0 Å². The molecular formula is C17H16IN3O2S. The Morgan fingerprint density at radius 2 is 2.25 bits per heavy atom. The Kier molecular flexibility index (Phi) is 5.62. The van der Waals surface area contributed by atoms with E-state index in [1.54, 1.807) is 11.3 Å². The molecule has 7 heteroatoms. The van der Waals surface area contributed by atoms with Crippen LogP contribution in [0.2, 0.25) is 0 Å². The number of halogens is 1. The Bertz CT molecular complexity index is 830. The summed E-state index contributed by atoms with van der Waals surface area (Å²) in [5, 5.41) is 8.85. The first kappa shape index (κ1) is 17.1. The van der Waals surface area contributed by atoms with Gasteiger partial charge < -0.3 is 9.84 Å². The largest absolute Gasteiger partial charge is 0.339 e. The number of carbonyl (C=O) groups excluding carboxylic acids is 1. The van der Waals surface area contributed by atoms with E-state index in [9.17, 15) is 4.79 Å². The van der Waals surface area contributed by atoms with Crippen molar-refractivity contribution in [2.24, 2.45) is 0 Å². The number of thiophene rings is 1. The van der Waals surface area contributed by atoms with E-state index in [-0.39, 0.29) is 5.91 Å². The normalized spacial score (nSPS) is 10.8. The van der Waals surface area contributed by atoms with Crippen LogP contribution in [0.1, 0.15) is 24.3 Å². The number of benzene rings is 1. The Morgan fingerprint density at radius 3 is 3.00 bits per heavy atom. The second kappa shape index (κ2) is 7.89. The van der Waals surface area contributed by atoms with Crippen molar-refractivity contribution in [3.8, 4) is 10.7 Å². The fraction of sp³-hybridized carbons (Fsp3) is 0.235. The average Bonchev–Trinajstić information content (AvgIpc) is 3.22. The first-order chi connectivity index (χ1) is 11.6. The van der Waals surface area contributed by atoms with Gasteiger partial charge in [0.25, 0.3) is 0 Å². The van der Waals surface area contributed by atoms with Gasteiger partial charge in [-0.2, -0.15) is 4.98 Å². The quantitative estimate of drug-likeness (QED) is 0.551. The minimum atomic E-state index is -0.00681. The zero-order valence-electron chi connectivity index (χ0n) is 13.1. The summed E-state index contributed by atoms with van der Waals surface area (Å²) in [6, 6.07) is 9.80. The highest BCUT2D eigenvalue weighted by molar-refractivity contribution is 14.1. The molecule has 0 bridgehead atoms. The maximum atomic E-state index is 12.0. The first-order valence-electron chi connectivity index (χ1n) is 7.54. The van der Waals surface area contributed by atoms with E-state index in [2.05, 4.69) is 38.0 Å². The predicted molar refractivity (Wildman–Crippen MR) is 103 cm³/mol. The van der Waals surface area contributed by atoms with Gasteiger partial charge in [0, 0.05) is 22.1 Å². The third kappa shape index (κ3) is 4.41. The number of carbonyl (C=O) groups is 1. The summed E-state index contributed by atoms with van der Waals surface area (Å²) in [6.07, 6.45) is 1.68. The summed E-state index contributed by atoms with van der Waals surface area (Å²) >= 11 is 3.83. The monoisotopic (exact) mass is 453 g/mol. The van der Waals surface area contributed by atoms with E-state index in [0.29, 0.717) is 31.0 Å². The van der Waals surface area contributed by atoms with Gasteiger partial charge in [-0.1, -0.05) is 17.3 Å². The Morgan fingerprint density at radius 1 is 1.38 bits per heavy atom. The third-order valence-corrected chi connectivity index (χ3v) is 5.49. The number of nitrogens with zero attached hydrogens (tertiary/aromatic N) is 2. The average molecular weight is 453 g/mol. The highest BCUT2D eigenvalue weighted by Crippen LogP contribution is 2.22. The third-order valence-electron chi connectivity index (χ3n) is 3.46. The van der Waals surface area contributed by atoms with Crippen LogP contribution in [0.25, 0.3) is 10.7 Å². The molecule has 1 aromatic carbocycles. The number of rotatable bonds is 6. The summed E-state index contributed by atoms with van der Waals surface area (Å²) in [4.78, 5) is 17.4. The number of amides is 1. The molecule has 0 fully saturated rings. The van der Waals surface area contributed by atoms with Crippen molar-refractivity contribution in [2.45, 2.75) is 26.2 Å². The van der Waals surface area contributed by atoms with Gasteiger partial charge in [0.05, 0.1) is 4.88 Å². The van der Waals surface area contributed by atoms with Crippen molar-refractivity contribution >= 4 is 45.5 Å². The van der Waals surface area contributed by atoms with E-state index < -0.39 is 0 Å². The molecule has 1 amide bonds. The fourth-order valence-corrected chi connectivity index (χ4v) is 3.32. The molecular weight excluding hydrogens is 437 g/mol. The Hall–Kier alpha value is -1.74. The van der Waals surface area contributed by atoms with Gasteiger partial charge in [-0.3, -0.25) is 4.79 Å². The zero-order chi connectivity index (χ0) is 16.9. The summed E-state index contributed by atoms with van der Waals surface area (Å²) in [5.74, 6) is 1.17. The van der Waals surface area contributed by atoms with Crippen LogP contribution >= 0.6 is 33.9 Å². The van der Waals surface area contributed by atoms with Gasteiger partial charge >= 0.3 is 0 Å². The summed E-state index contributed by atoms with van der Waals surface area (Å²) < 4.78 is 6.37. The van der Waals surface area contributed by atoms with E-state index in [4.69, 9.17) is 4.52 Å². The molecule has 5 nitrogen and oxygen atoms in total. The lowest BCUT2D eigenvalue weighted by atomic mass is 10.2. The van der Waals surface area contributed by atoms with E-state index in [1.807, 2.05) is 42.6 Å². The van der Waals surface area contributed by atoms with Crippen molar-refractivity contribution in [3.05, 3.63) is 50.7 Å². The van der Waals surface area contributed by atoms with Crippen molar-refractivity contribution in [3.63, 3.8) is 0 Å². The number of anilines is 1. The number of aryl methyl sites for hydroxylation is 2. The molecule has 0 aliphatic heterocycles. The second-order valence-electron chi connectivity index (χ2n) is 5.35. The first-order valence-corrected chi connectivity index (χ1v) is 9.50. The predicted octanol–water partition coefficient (Wildman–Crippen LogP) is 4.67. The van der Waals surface area contributed by atoms with Crippen molar-refractivity contribution < 1.29 is 9.32 Å². The summed E-state index contributed by atoms with van der Waals surface area (Å²) in [5.41, 5.74) is 2.03. The molecule has 0 aliphatic carbocycles. The molecule has 2 aromatic heterocycles. The van der Waals surface area contributed by atoms with Gasteiger partial charge in [-0.05, 0) is 65.1 Å². The number of nitrogens with one attached hydrogen (secondary N) is 1. The molecule has 24 heavy (non-hydrogen) atoms. The topological polar surface area (TPSA) is 68.0 Å². The Labute approximate surface area is 157 Å². The van der Waals surface area contributed by atoms with Gasteiger partial charge in [-0.15, -0.1) is 11.3 Å². The molecule has 0 aliphatic rings. The van der Waals surface area contributed by atoms with Gasteiger partial charge in [0.1, 0.15) is 0 Å². The van der Waals surface area contributed by atoms with Crippen LogP contribution in [0, 0.1) is 10.5 Å². The van der Waals surface area contributed by atoms with Crippen LogP contribution in [0.3, 0.4) is 0 Å². The molecule has 2 heterocycles. The molecule has 124 valence electrons. The highest BCUT2D eigenvalue weighted by atomic mass is 127. The molecule has 3 rings (SSSR count). The lowest BCUT2D eigenvalue weighted by Gasteiger charge is -2.06. The molecule has 0 radical (unpaired) electrons. The SMILES string of the molecule is Cc1ccc(NC(=O)CCCc2nc(-c3cccs3)no2)cc1I. The maximum Gasteiger partial charge on any atom is 0.226 e. The van der Waals surface area contributed by atoms with E-state index in [1.165, 1.54) is 5.56 Å². The maximum absolute atomic E-state index is 12.0. The lowest BCUT2D eigenvalue weighted by Crippen LogP contribution is -2.11.